The number of anilines is 2. The quantitative estimate of drug-likeness (QED) is 0.847. The van der Waals surface area contributed by atoms with E-state index in [-0.39, 0.29) is 12.2 Å². The van der Waals surface area contributed by atoms with Gasteiger partial charge in [0.15, 0.2) is 0 Å². The molecule has 0 unspecified atom stereocenters. The predicted octanol–water partition coefficient (Wildman–Crippen LogP) is 0.603. The first-order valence-corrected chi connectivity index (χ1v) is 5.42. The minimum Gasteiger partial charge on any atom is -0.397 e. The van der Waals surface area contributed by atoms with Gasteiger partial charge in [-0.25, -0.2) is 9.07 Å². The number of amides is 1. The SMILES string of the molecule is Nc1cnn(CC(=O)Nc2ccc(F)cc2)c(=O)c1. The first-order valence-electron chi connectivity index (χ1n) is 5.42. The average Bonchev–Trinajstić information content (AvgIpc) is 2.36. The van der Waals surface area contributed by atoms with Crippen LogP contribution < -0.4 is 16.6 Å². The van der Waals surface area contributed by atoms with Crippen molar-refractivity contribution >= 4 is 17.3 Å². The normalized spacial score (nSPS) is 10.2. The van der Waals surface area contributed by atoms with Crippen molar-refractivity contribution < 1.29 is 9.18 Å². The second kappa shape index (κ2) is 5.30. The smallest absolute Gasteiger partial charge is 0.269 e. The van der Waals surface area contributed by atoms with E-state index in [1.165, 1.54) is 36.5 Å². The highest BCUT2D eigenvalue weighted by Gasteiger charge is 2.06. The summed E-state index contributed by atoms with van der Waals surface area (Å²) in [6.45, 7) is -0.240. The molecule has 2 rings (SSSR count). The van der Waals surface area contributed by atoms with Crippen LogP contribution in [0.3, 0.4) is 0 Å². The van der Waals surface area contributed by atoms with Crippen LogP contribution >= 0.6 is 0 Å². The lowest BCUT2D eigenvalue weighted by molar-refractivity contribution is -0.117. The second-order valence-electron chi connectivity index (χ2n) is 3.84. The van der Waals surface area contributed by atoms with Crippen molar-refractivity contribution in [3.63, 3.8) is 0 Å². The van der Waals surface area contributed by atoms with Gasteiger partial charge in [0.05, 0.1) is 11.9 Å². The van der Waals surface area contributed by atoms with Gasteiger partial charge in [-0.05, 0) is 24.3 Å². The maximum atomic E-state index is 12.7. The molecule has 3 N–H and O–H groups in total. The van der Waals surface area contributed by atoms with Crippen LogP contribution in [-0.4, -0.2) is 15.7 Å². The molecule has 1 amide bonds. The van der Waals surface area contributed by atoms with Gasteiger partial charge in [0.2, 0.25) is 5.91 Å². The number of aromatic nitrogens is 2. The zero-order valence-electron chi connectivity index (χ0n) is 9.84. The van der Waals surface area contributed by atoms with Crippen molar-refractivity contribution in [1.29, 1.82) is 0 Å². The van der Waals surface area contributed by atoms with Gasteiger partial charge in [-0.15, -0.1) is 0 Å². The number of benzene rings is 1. The Kier molecular flexibility index (Phi) is 3.56. The Morgan fingerprint density at radius 3 is 2.68 bits per heavy atom. The average molecular weight is 262 g/mol. The molecule has 0 saturated carbocycles. The summed E-state index contributed by atoms with van der Waals surface area (Å²) in [7, 11) is 0. The highest BCUT2D eigenvalue weighted by atomic mass is 19.1. The zero-order valence-corrected chi connectivity index (χ0v) is 9.84. The number of carbonyl (C=O) groups is 1. The van der Waals surface area contributed by atoms with E-state index in [0.717, 1.165) is 4.68 Å². The fourth-order valence-electron chi connectivity index (χ4n) is 1.44. The fourth-order valence-corrected chi connectivity index (χ4v) is 1.44. The number of hydrogen-bond acceptors (Lipinski definition) is 4. The number of halogens is 1. The Hall–Kier alpha value is -2.70. The largest absolute Gasteiger partial charge is 0.397 e. The number of rotatable bonds is 3. The summed E-state index contributed by atoms with van der Waals surface area (Å²) in [5.41, 5.74) is 5.60. The lowest BCUT2D eigenvalue weighted by Gasteiger charge is -2.06. The van der Waals surface area contributed by atoms with Crippen LogP contribution in [0.5, 0.6) is 0 Å². The standard InChI is InChI=1S/C12H11FN4O2/c13-8-1-3-10(4-2-8)16-11(18)7-17-12(19)5-9(14)6-15-17/h1-6H,7,14H2,(H,16,18). The van der Waals surface area contributed by atoms with Crippen molar-refractivity contribution in [3.8, 4) is 0 Å². The lowest BCUT2D eigenvalue weighted by atomic mass is 10.3. The van der Waals surface area contributed by atoms with E-state index in [4.69, 9.17) is 5.73 Å². The Labute approximate surface area is 107 Å². The van der Waals surface area contributed by atoms with Crippen LogP contribution in [0.15, 0.2) is 41.3 Å². The molecule has 0 fully saturated rings. The molecule has 1 heterocycles. The Morgan fingerprint density at radius 2 is 2.05 bits per heavy atom. The zero-order chi connectivity index (χ0) is 13.8. The molecule has 0 atom stereocenters. The van der Waals surface area contributed by atoms with E-state index in [2.05, 4.69) is 10.4 Å². The molecule has 0 aliphatic heterocycles. The van der Waals surface area contributed by atoms with Crippen molar-refractivity contribution in [3.05, 3.63) is 52.7 Å². The van der Waals surface area contributed by atoms with Gasteiger partial charge >= 0.3 is 0 Å². The molecular formula is C12H11FN4O2. The van der Waals surface area contributed by atoms with Gasteiger partial charge in [-0.2, -0.15) is 5.10 Å². The van der Waals surface area contributed by atoms with Gasteiger partial charge in [0, 0.05) is 11.8 Å². The van der Waals surface area contributed by atoms with Gasteiger partial charge in [-0.3, -0.25) is 9.59 Å². The maximum absolute atomic E-state index is 12.7. The van der Waals surface area contributed by atoms with E-state index in [9.17, 15) is 14.0 Å². The summed E-state index contributed by atoms with van der Waals surface area (Å²) >= 11 is 0. The van der Waals surface area contributed by atoms with E-state index in [1.54, 1.807) is 0 Å². The summed E-state index contributed by atoms with van der Waals surface area (Å²) in [5, 5.41) is 6.25. The molecule has 0 radical (unpaired) electrons. The highest BCUT2D eigenvalue weighted by Crippen LogP contribution is 2.07. The Morgan fingerprint density at radius 1 is 1.37 bits per heavy atom. The molecule has 0 aliphatic rings. The molecule has 2 aromatic rings. The summed E-state index contributed by atoms with van der Waals surface area (Å²) < 4.78 is 13.7. The van der Waals surface area contributed by atoms with Crippen molar-refractivity contribution in [2.45, 2.75) is 6.54 Å². The Bertz CT molecular complexity index is 652. The van der Waals surface area contributed by atoms with Gasteiger partial charge < -0.3 is 11.1 Å². The summed E-state index contributed by atoms with van der Waals surface area (Å²) in [6, 6.07) is 6.48. The molecule has 0 aliphatic carbocycles. The first kappa shape index (κ1) is 12.7. The number of nitrogens with two attached hydrogens (primary N) is 1. The van der Waals surface area contributed by atoms with Crippen LogP contribution in [0, 0.1) is 5.82 Å². The lowest BCUT2D eigenvalue weighted by Crippen LogP contribution is -2.29. The fraction of sp³-hybridized carbons (Fsp3) is 0.0833. The van der Waals surface area contributed by atoms with E-state index in [1.807, 2.05) is 0 Å². The van der Waals surface area contributed by atoms with E-state index < -0.39 is 17.3 Å². The minimum atomic E-state index is -0.464. The van der Waals surface area contributed by atoms with Crippen molar-refractivity contribution in [1.82, 2.24) is 9.78 Å². The summed E-state index contributed by atoms with van der Waals surface area (Å²) in [6.07, 6.45) is 1.28. The van der Waals surface area contributed by atoms with Crippen LogP contribution in [-0.2, 0) is 11.3 Å². The van der Waals surface area contributed by atoms with Gasteiger partial charge in [0.1, 0.15) is 12.4 Å². The number of nitrogens with zero attached hydrogens (tertiary/aromatic N) is 2. The third-order valence-corrected chi connectivity index (χ3v) is 2.31. The van der Waals surface area contributed by atoms with E-state index in [0.29, 0.717) is 5.69 Å². The number of carbonyl (C=O) groups excluding carboxylic acids is 1. The first-order chi connectivity index (χ1) is 9.04. The number of hydrogen-bond donors (Lipinski definition) is 2. The molecule has 1 aromatic carbocycles. The van der Waals surface area contributed by atoms with Crippen molar-refractivity contribution in [2.75, 3.05) is 11.1 Å². The van der Waals surface area contributed by atoms with Crippen LogP contribution in [0.2, 0.25) is 0 Å². The molecule has 0 spiro atoms. The van der Waals surface area contributed by atoms with E-state index >= 15 is 0 Å². The maximum Gasteiger partial charge on any atom is 0.269 e. The molecule has 19 heavy (non-hydrogen) atoms. The van der Waals surface area contributed by atoms with Crippen molar-refractivity contribution in [2.24, 2.45) is 0 Å². The molecule has 0 bridgehead atoms. The highest BCUT2D eigenvalue weighted by molar-refractivity contribution is 5.90. The molecule has 98 valence electrons. The molecule has 6 nitrogen and oxygen atoms in total. The predicted molar refractivity (Wildman–Crippen MR) is 67.9 cm³/mol. The summed E-state index contributed by atoms with van der Waals surface area (Å²) in [4.78, 5) is 23.1. The number of nitrogens with one attached hydrogen (secondary N) is 1. The monoisotopic (exact) mass is 262 g/mol. The second-order valence-corrected chi connectivity index (χ2v) is 3.84. The van der Waals surface area contributed by atoms with Crippen LogP contribution in [0.1, 0.15) is 0 Å². The molecule has 0 saturated heterocycles. The Balaban J connectivity index is 2.05. The topological polar surface area (TPSA) is 90.0 Å². The third kappa shape index (κ3) is 3.38. The van der Waals surface area contributed by atoms with Gasteiger partial charge in [0.25, 0.3) is 5.56 Å². The third-order valence-electron chi connectivity index (χ3n) is 2.31. The molecular weight excluding hydrogens is 251 g/mol. The van der Waals surface area contributed by atoms with Crippen LogP contribution in [0.4, 0.5) is 15.8 Å². The van der Waals surface area contributed by atoms with Gasteiger partial charge in [-0.1, -0.05) is 0 Å². The molecule has 1 aromatic heterocycles. The van der Waals surface area contributed by atoms with Crippen LogP contribution in [0.25, 0.3) is 0 Å². The minimum absolute atomic E-state index is 0.236. The summed E-state index contributed by atoms with van der Waals surface area (Å²) in [5.74, 6) is -0.833. The molecule has 7 heteroatoms. The number of nitrogen functional groups attached to an aromatic ring is 1.